The van der Waals surface area contributed by atoms with Gasteiger partial charge < -0.3 is 29.3 Å². The Morgan fingerprint density at radius 3 is 2.45 bits per heavy atom. The molecule has 2 fully saturated rings. The molecule has 0 bridgehead atoms. The Morgan fingerprint density at radius 2 is 1.81 bits per heavy atom. The molecular formula is C34H36ClF4N5O8S. The van der Waals surface area contributed by atoms with Crippen LogP contribution in [-0.2, 0) is 10.0 Å². The summed E-state index contributed by atoms with van der Waals surface area (Å²) in [4.78, 5) is 21.5. The molecule has 53 heavy (non-hydrogen) atoms. The number of amides is 1. The zero-order valence-corrected chi connectivity index (χ0v) is 30.2. The molecular weight excluding hydrogens is 750 g/mol. The Kier molecular flexibility index (Phi) is 10.6. The van der Waals surface area contributed by atoms with Gasteiger partial charge in [-0.25, -0.2) is 26.6 Å². The highest BCUT2D eigenvalue weighted by atomic mass is 35.5. The Morgan fingerprint density at radius 1 is 1.09 bits per heavy atom. The highest BCUT2D eigenvalue weighted by Gasteiger charge is 2.51. The third-order valence-corrected chi connectivity index (χ3v) is 11.6. The lowest BCUT2D eigenvalue weighted by molar-refractivity contribution is -0.275. The van der Waals surface area contributed by atoms with Gasteiger partial charge in [0.1, 0.15) is 22.0 Å². The number of pyridine rings is 1. The summed E-state index contributed by atoms with van der Waals surface area (Å²) in [5.41, 5.74) is -1.62. The van der Waals surface area contributed by atoms with Crippen molar-refractivity contribution in [1.29, 1.82) is 0 Å². The van der Waals surface area contributed by atoms with Crippen LogP contribution in [0.5, 0.6) is 23.3 Å². The van der Waals surface area contributed by atoms with Gasteiger partial charge in [0.05, 0.1) is 31.3 Å². The number of hydrogen-bond donors (Lipinski definition) is 2. The van der Waals surface area contributed by atoms with E-state index < -0.39 is 62.4 Å². The van der Waals surface area contributed by atoms with Gasteiger partial charge in [-0.3, -0.25) is 9.80 Å². The van der Waals surface area contributed by atoms with Crippen LogP contribution in [0.3, 0.4) is 0 Å². The number of rotatable bonds is 9. The Hall–Kier alpha value is -4.52. The van der Waals surface area contributed by atoms with Crippen molar-refractivity contribution in [3.8, 4) is 23.3 Å². The number of carboxylic acid groups (broad SMARTS) is 1. The number of carbonyl (C=O) groups is 1. The quantitative estimate of drug-likeness (QED) is 0.114. The largest absolute Gasteiger partial charge is 0.573 e. The van der Waals surface area contributed by atoms with Gasteiger partial charge in [-0.1, -0.05) is 17.7 Å². The molecule has 4 aromatic rings. The number of alkyl halides is 4. The van der Waals surface area contributed by atoms with E-state index in [9.17, 15) is 36.6 Å². The fourth-order valence-electron chi connectivity index (χ4n) is 7.27. The lowest BCUT2D eigenvalue weighted by Crippen LogP contribution is -2.59. The number of fused-ring (bicyclic) bond motifs is 1. The van der Waals surface area contributed by atoms with Gasteiger partial charge in [-0.15, -0.1) is 13.2 Å². The fourth-order valence-corrected chi connectivity index (χ4v) is 9.17. The summed E-state index contributed by atoms with van der Waals surface area (Å²) in [6.07, 6.45) is -4.13. The summed E-state index contributed by atoms with van der Waals surface area (Å²) in [6, 6.07) is 5.91. The van der Waals surface area contributed by atoms with Crippen LogP contribution in [0.4, 0.5) is 22.4 Å². The summed E-state index contributed by atoms with van der Waals surface area (Å²) in [5, 5.41) is 22.6. The van der Waals surface area contributed by atoms with Crippen molar-refractivity contribution in [3.05, 3.63) is 71.7 Å². The highest BCUT2D eigenvalue weighted by Crippen LogP contribution is 2.53. The molecule has 2 N–H and O–H groups in total. The van der Waals surface area contributed by atoms with Crippen molar-refractivity contribution in [2.24, 2.45) is 0 Å². The van der Waals surface area contributed by atoms with E-state index in [-0.39, 0.29) is 47.3 Å². The average Bonchev–Trinajstić information content (AvgIpc) is 3.38. The van der Waals surface area contributed by atoms with Crippen LogP contribution in [0.1, 0.15) is 43.0 Å². The predicted octanol–water partition coefficient (Wildman–Crippen LogP) is 6.16. The van der Waals surface area contributed by atoms with Gasteiger partial charge >= 0.3 is 12.5 Å². The second-order valence-electron chi connectivity index (χ2n) is 12.6. The maximum absolute atomic E-state index is 15.2. The smallest absolute Gasteiger partial charge is 0.497 e. The summed E-state index contributed by atoms with van der Waals surface area (Å²) >= 11 is 6.89. The van der Waals surface area contributed by atoms with Crippen LogP contribution >= 0.6 is 11.6 Å². The molecule has 3 atom stereocenters. The third kappa shape index (κ3) is 7.24. The van der Waals surface area contributed by atoms with Crippen LogP contribution in [0.2, 0.25) is 0 Å². The maximum Gasteiger partial charge on any atom is 0.573 e. The number of hydrogen-bond acceptors (Lipinski definition) is 10. The first-order chi connectivity index (χ1) is 25.1. The summed E-state index contributed by atoms with van der Waals surface area (Å²) in [7, 11) is -2.12. The maximum atomic E-state index is 15.2. The van der Waals surface area contributed by atoms with Crippen LogP contribution in [0, 0.1) is 5.82 Å². The third-order valence-electron chi connectivity index (χ3n) is 9.49. The topological polar surface area (TPSA) is 147 Å². The van der Waals surface area contributed by atoms with Crippen molar-refractivity contribution in [2.45, 2.75) is 54.6 Å². The first-order valence-electron chi connectivity index (χ1n) is 16.5. The van der Waals surface area contributed by atoms with E-state index in [1.807, 2.05) is 11.9 Å². The van der Waals surface area contributed by atoms with Crippen molar-refractivity contribution in [2.75, 3.05) is 40.4 Å². The van der Waals surface area contributed by atoms with Crippen LogP contribution < -0.4 is 14.2 Å². The van der Waals surface area contributed by atoms with Gasteiger partial charge in [-0.2, -0.15) is 0 Å². The van der Waals surface area contributed by atoms with Crippen molar-refractivity contribution in [3.63, 3.8) is 0 Å². The summed E-state index contributed by atoms with van der Waals surface area (Å²) < 4.78 is 100. The first-order valence-corrected chi connectivity index (χ1v) is 18.3. The molecule has 13 nitrogen and oxygen atoms in total. The molecule has 0 aliphatic carbocycles. The molecule has 4 heterocycles. The molecule has 2 aromatic carbocycles. The number of ether oxygens (including phenoxy) is 3. The van der Waals surface area contributed by atoms with E-state index in [2.05, 4.69) is 14.6 Å². The molecule has 2 aromatic heterocycles. The minimum Gasteiger partial charge on any atom is -0.497 e. The average molecular weight is 786 g/mol. The molecule has 1 amide bonds. The van der Waals surface area contributed by atoms with Crippen LogP contribution in [0.25, 0.3) is 10.9 Å². The van der Waals surface area contributed by atoms with Crippen LogP contribution in [0.15, 0.2) is 59.6 Å². The fraction of sp³-hybridized carbons (Fsp3) is 0.412. The molecule has 2 saturated heterocycles. The monoisotopic (exact) mass is 785 g/mol. The number of aromatic nitrogens is 2. The standard InChI is InChI=1S/C34H36ClF4N5O8S/c1-4-51-31-22(6-5-13-40-31)29-30(43(33(46)47)27(35)18-42(29)20-11-14-41(2)15-12-20)28-23-16-19(36)7-9-24(23)44(32(28)45)53(48,49)26-10-8-21(50-3)17-25(26)52-34(37,38)39/h5-10,13,16-17,20,27,29-30,45H,4,11-12,14-15,18H2,1-3H3,(H,46,47). The lowest BCUT2D eigenvalue weighted by atomic mass is 9.86. The van der Waals surface area contributed by atoms with E-state index in [0.717, 1.165) is 42.3 Å². The van der Waals surface area contributed by atoms with E-state index >= 15 is 4.39 Å². The highest BCUT2D eigenvalue weighted by molar-refractivity contribution is 7.90. The Labute approximate surface area is 306 Å². The molecule has 0 saturated carbocycles. The normalized spacial score (nSPS) is 20.8. The number of piperidine rings is 1. The van der Waals surface area contributed by atoms with Crippen molar-refractivity contribution < 1.29 is 55.2 Å². The molecule has 19 heteroatoms. The number of piperazine rings is 1. The molecule has 3 unspecified atom stereocenters. The van der Waals surface area contributed by atoms with Crippen LogP contribution in [-0.4, -0.2) is 107 Å². The Bertz CT molecular complexity index is 2110. The number of benzene rings is 2. The lowest BCUT2D eigenvalue weighted by Gasteiger charge is -2.52. The van der Waals surface area contributed by atoms with Gasteiger partial charge in [0.15, 0.2) is 5.75 Å². The van der Waals surface area contributed by atoms with Gasteiger partial charge in [0.2, 0.25) is 11.8 Å². The Balaban J connectivity index is 1.67. The van der Waals surface area contributed by atoms with E-state index in [1.165, 1.54) is 6.20 Å². The SMILES string of the molecule is CCOc1ncccc1C1C(c2c(O)n(S(=O)(=O)c3ccc(OC)cc3OC(F)(F)F)c3ccc(F)cc23)N(C(=O)O)C(Cl)CN1C1CCN(C)CC1. The molecule has 6 rings (SSSR count). The molecule has 0 radical (unpaired) electrons. The van der Waals surface area contributed by atoms with Gasteiger partial charge in [-0.05, 0) is 76.3 Å². The minimum absolute atomic E-state index is 0.0000847. The zero-order chi connectivity index (χ0) is 38.4. The molecule has 0 spiro atoms. The number of aromatic hydroxyl groups is 1. The van der Waals surface area contributed by atoms with E-state index in [0.29, 0.717) is 41.5 Å². The molecule has 2 aliphatic rings. The van der Waals surface area contributed by atoms with Gasteiger partial charge in [0, 0.05) is 41.4 Å². The number of methoxy groups -OCH3 is 1. The number of likely N-dealkylation sites (tertiary alicyclic amines) is 1. The summed E-state index contributed by atoms with van der Waals surface area (Å²) in [5.74, 6) is -3.17. The van der Waals surface area contributed by atoms with E-state index in [1.54, 1.807) is 19.1 Å². The predicted molar refractivity (Wildman–Crippen MR) is 183 cm³/mol. The van der Waals surface area contributed by atoms with Crippen molar-refractivity contribution in [1.82, 2.24) is 23.7 Å². The molecule has 286 valence electrons. The molecule has 2 aliphatic heterocycles. The first kappa shape index (κ1) is 38.2. The number of nitrogens with zero attached hydrogens (tertiary/aromatic N) is 5. The van der Waals surface area contributed by atoms with Crippen molar-refractivity contribution >= 4 is 38.6 Å². The summed E-state index contributed by atoms with van der Waals surface area (Å²) in [6.45, 7) is 3.29. The second-order valence-corrected chi connectivity index (χ2v) is 14.9. The number of halogens is 5. The zero-order valence-electron chi connectivity index (χ0n) is 28.6. The minimum atomic E-state index is -5.34. The second kappa shape index (κ2) is 14.7. The van der Waals surface area contributed by atoms with E-state index in [4.69, 9.17) is 21.1 Å². The van der Waals surface area contributed by atoms with Gasteiger partial charge in [0.25, 0.3) is 10.0 Å².